The highest BCUT2D eigenvalue weighted by atomic mass is 16.5. The Morgan fingerprint density at radius 3 is 2.62 bits per heavy atom. The van der Waals surface area contributed by atoms with E-state index >= 15 is 0 Å². The molecule has 90 valence electrons. The molecule has 0 aliphatic rings. The normalized spacial score (nSPS) is 14.5. The van der Waals surface area contributed by atoms with Gasteiger partial charge in [0.05, 0.1) is 7.11 Å². The SMILES string of the molecule is CNC(c1ccccc1OC)C(C)CCN. The number of para-hydroxylation sites is 1. The first-order valence-corrected chi connectivity index (χ1v) is 5.74. The Kier molecular flexibility index (Phi) is 5.29. The van der Waals surface area contributed by atoms with Crippen molar-refractivity contribution in [1.82, 2.24) is 5.32 Å². The first-order valence-electron chi connectivity index (χ1n) is 5.74. The summed E-state index contributed by atoms with van der Waals surface area (Å²) in [5.41, 5.74) is 6.81. The second-order valence-electron chi connectivity index (χ2n) is 4.06. The van der Waals surface area contributed by atoms with Crippen LogP contribution < -0.4 is 15.8 Å². The molecule has 0 spiro atoms. The number of benzene rings is 1. The Bertz CT molecular complexity index is 315. The molecule has 0 aliphatic carbocycles. The zero-order valence-corrected chi connectivity index (χ0v) is 10.4. The second kappa shape index (κ2) is 6.51. The molecule has 2 atom stereocenters. The van der Waals surface area contributed by atoms with Gasteiger partial charge in [0.1, 0.15) is 5.75 Å². The van der Waals surface area contributed by atoms with E-state index in [-0.39, 0.29) is 0 Å². The Balaban J connectivity index is 2.93. The van der Waals surface area contributed by atoms with Crippen molar-refractivity contribution in [2.75, 3.05) is 20.7 Å². The number of hydrogen-bond donors (Lipinski definition) is 2. The number of nitrogens with one attached hydrogen (secondary N) is 1. The first-order chi connectivity index (χ1) is 7.74. The van der Waals surface area contributed by atoms with Gasteiger partial charge in [-0.1, -0.05) is 25.1 Å². The van der Waals surface area contributed by atoms with Gasteiger partial charge in [-0.2, -0.15) is 0 Å². The lowest BCUT2D eigenvalue weighted by Gasteiger charge is -2.25. The lowest BCUT2D eigenvalue weighted by atomic mass is 9.91. The van der Waals surface area contributed by atoms with E-state index in [0.29, 0.717) is 18.5 Å². The number of rotatable bonds is 6. The van der Waals surface area contributed by atoms with Crippen LogP contribution in [-0.4, -0.2) is 20.7 Å². The van der Waals surface area contributed by atoms with E-state index in [1.165, 1.54) is 5.56 Å². The van der Waals surface area contributed by atoms with Crippen molar-refractivity contribution in [3.8, 4) is 5.75 Å². The van der Waals surface area contributed by atoms with Crippen LogP contribution in [0.3, 0.4) is 0 Å². The number of hydrogen-bond acceptors (Lipinski definition) is 3. The van der Waals surface area contributed by atoms with Gasteiger partial charge in [0, 0.05) is 11.6 Å². The van der Waals surface area contributed by atoms with Crippen LogP contribution in [0.2, 0.25) is 0 Å². The van der Waals surface area contributed by atoms with Crippen LogP contribution in [0.25, 0.3) is 0 Å². The molecule has 0 saturated heterocycles. The summed E-state index contributed by atoms with van der Waals surface area (Å²) >= 11 is 0. The van der Waals surface area contributed by atoms with Gasteiger partial charge in [-0.25, -0.2) is 0 Å². The van der Waals surface area contributed by atoms with Crippen molar-refractivity contribution in [2.24, 2.45) is 11.7 Å². The molecule has 3 nitrogen and oxygen atoms in total. The molecule has 16 heavy (non-hydrogen) atoms. The number of ether oxygens (including phenoxy) is 1. The fraction of sp³-hybridized carbons (Fsp3) is 0.538. The van der Waals surface area contributed by atoms with Crippen LogP contribution >= 0.6 is 0 Å². The van der Waals surface area contributed by atoms with Crippen LogP contribution in [-0.2, 0) is 0 Å². The third-order valence-corrected chi connectivity index (χ3v) is 2.98. The van der Waals surface area contributed by atoms with Gasteiger partial charge in [0.15, 0.2) is 0 Å². The molecule has 0 heterocycles. The highest BCUT2D eigenvalue weighted by Gasteiger charge is 2.19. The van der Waals surface area contributed by atoms with Crippen molar-refractivity contribution in [3.05, 3.63) is 29.8 Å². The number of nitrogens with two attached hydrogens (primary N) is 1. The van der Waals surface area contributed by atoms with Crippen LogP contribution in [0.5, 0.6) is 5.75 Å². The van der Waals surface area contributed by atoms with Crippen molar-refractivity contribution in [2.45, 2.75) is 19.4 Å². The minimum absolute atomic E-state index is 0.291. The van der Waals surface area contributed by atoms with Crippen molar-refractivity contribution in [1.29, 1.82) is 0 Å². The Morgan fingerprint density at radius 2 is 2.06 bits per heavy atom. The summed E-state index contributed by atoms with van der Waals surface area (Å²) in [6.45, 7) is 2.93. The molecule has 1 rings (SSSR count). The molecule has 1 aromatic carbocycles. The summed E-state index contributed by atoms with van der Waals surface area (Å²) in [6, 6.07) is 8.42. The standard InChI is InChI=1S/C13H22N2O/c1-10(8-9-14)13(15-2)11-6-4-5-7-12(11)16-3/h4-7,10,13,15H,8-9,14H2,1-3H3. The van der Waals surface area contributed by atoms with E-state index in [0.717, 1.165) is 12.2 Å². The van der Waals surface area contributed by atoms with Gasteiger partial charge in [-0.3, -0.25) is 0 Å². The first kappa shape index (κ1) is 13.0. The molecule has 2 unspecified atom stereocenters. The Morgan fingerprint density at radius 1 is 1.38 bits per heavy atom. The Hall–Kier alpha value is -1.06. The van der Waals surface area contributed by atoms with E-state index in [4.69, 9.17) is 10.5 Å². The lowest BCUT2D eigenvalue weighted by molar-refractivity contribution is 0.361. The minimum atomic E-state index is 0.291. The zero-order chi connectivity index (χ0) is 12.0. The molecule has 1 aromatic rings. The summed E-state index contributed by atoms with van der Waals surface area (Å²) in [7, 11) is 3.68. The minimum Gasteiger partial charge on any atom is -0.496 e. The van der Waals surface area contributed by atoms with Gasteiger partial charge < -0.3 is 15.8 Å². The second-order valence-corrected chi connectivity index (χ2v) is 4.06. The fourth-order valence-electron chi connectivity index (χ4n) is 2.10. The largest absolute Gasteiger partial charge is 0.496 e. The maximum atomic E-state index is 5.61. The highest BCUT2D eigenvalue weighted by molar-refractivity contribution is 5.36. The number of methoxy groups -OCH3 is 1. The fourth-order valence-corrected chi connectivity index (χ4v) is 2.10. The monoisotopic (exact) mass is 222 g/mol. The third kappa shape index (κ3) is 2.97. The van der Waals surface area contributed by atoms with Crippen LogP contribution in [0.1, 0.15) is 24.9 Å². The molecule has 0 radical (unpaired) electrons. The maximum absolute atomic E-state index is 5.61. The summed E-state index contributed by atoms with van der Waals surface area (Å²) < 4.78 is 5.39. The summed E-state index contributed by atoms with van der Waals surface area (Å²) in [4.78, 5) is 0. The molecule has 3 heteroatoms. The molecule has 0 bridgehead atoms. The van der Waals surface area contributed by atoms with Crippen molar-refractivity contribution < 1.29 is 4.74 Å². The van der Waals surface area contributed by atoms with Crippen LogP contribution in [0, 0.1) is 5.92 Å². The average Bonchev–Trinajstić information content (AvgIpc) is 2.31. The molecular formula is C13H22N2O. The topological polar surface area (TPSA) is 47.3 Å². The molecule has 0 fully saturated rings. The van der Waals surface area contributed by atoms with Gasteiger partial charge in [0.2, 0.25) is 0 Å². The quantitative estimate of drug-likeness (QED) is 0.773. The molecular weight excluding hydrogens is 200 g/mol. The summed E-state index contributed by atoms with van der Waals surface area (Å²) in [5, 5.41) is 3.34. The maximum Gasteiger partial charge on any atom is 0.123 e. The van der Waals surface area contributed by atoms with E-state index in [1.807, 2.05) is 25.2 Å². The summed E-state index contributed by atoms with van der Waals surface area (Å²) in [6.07, 6.45) is 1.00. The zero-order valence-electron chi connectivity index (χ0n) is 10.4. The molecule has 0 saturated carbocycles. The van der Waals surface area contributed by atoms with Gasteiger partial charge >= 0.3 is 0 Å². The predicted octanol–water partition coefficient (Wildman–Crippen LogP) is 1.94. The predicted molar refractivity (Wildman–Crippen MR) is 67.6 cm³/mol. The van der Waals surface area contributed by atoms with E-state index < -0.39 is 0 Å². The van der Waals surface area contributed by atoms with Crippen molar-refractivity contribution >= 4 is 0 Å². The molecule has 3 N–H and O–H groups in total. The summed E-state index contributed by atoms with van der Waals surface area (Å²) in [5.74, 6) is 1.43. The average molecular weight is 222 g/mol. The molecule has 0 amide bonds. The van der Waals surface area contributed by atoms with Gasteiger partial charge in [-0.15, -0.1) is 0 Å². The van der Waals surface area contributed by atoms with E-state index in [2.05, 4.69) is 18.3 Å². The molecule has 0 aliphatic heterocycles. The third-order valence-electron chi connectivity index (χ3n) is 2.98. The van der Waals surface area contributed by atoms with E-state index in [1.54, 1.807) is 7.11 Å². The van der Waals surface area contributed by atoms with E-state index in [9.17, 15) is 0 Å². The Labute approximate surface area is 98.0 Å². The smallest absolute Gasteiger partial charge is 0.123 e. The van der Waals surface area contributed by atoms with Crippen LogP contribution in [0.15, 0.2) is 24.3 Å². The van der Waals surface area contributed by atoms with Gasteiger partial charge in [-0.05, 0) is 32.0 Å². The van der Waals surface area contributed by atoms with Gasteiger partial charge in [0.25, 0.3) is 0 Å². The van der Waals surface area contributed by atoms with Crippen molar-refractivity contribution in [3.63, 3.8) is 0 Å². The van der Waals surface area contributed by atoms with Crippen LogP contribution in [0.4, 0.5) is 0 Å². The lowest BCUT2D eigenvalue weighted by Crippen LogP contribution is -2.25. The highest BCUT2D eigenvalue weighted by Crippen LogP contribution is 2.30. The molecule has 0 aromatic heterocycles.